The van der Waals surface area contributed by atoms with E-state index in [0.717, 1.165) is 8.95 Å². The Kier molecular flexibility index (Phi) is 3.56. The van der Waals surface area contributed by atoms with Gasteiger partial charge in [-0.1, -0.05) is 15.9 Å². The van der Waals surface area contributed by atoms with Crippen LogP contribution in [0.15, 0.2) is 45.5 Å². The van der Waals surface area contributed by atoms with Gasteiger partial charge in [-0.05, 0) is 46.3 Å². The molecule has 2 nitrogen and oxygen atoms in total. The summed E-state index contributed by atoms with van der Waals surface area (Å²) < 4.78 is 15.1. The number of nitrogens with one attached hydrogen (secondary N) is 1. The van der Waals surface area contributed by atoms with Gasteiger partial charge in [0, 0.05) is 15.1 Å². The standard InChI is InChI=1S/C11H7Br2FN2/c12-7-1-3-9(14)10(5-7)16-11-4-2-8(13)6-15-11/h1-6H,(H,15,16). The molecule has 0 atom stereocenters. The third kappa shape index (κ3) is 2.80. The summed E-state index contributed by atoms with van der Waals surface area (Å²) in [7, 11) is 0. The molecular formula is C11H7Br2FN2. The van der Waals surface area contributed by atoms with Crippen molar-refractivity contribution in [3.05, 3.63) is 51.3 Å². The number of nitrogens with zero attached hydrogens (tertiary/aromatic N) is 1. The van der Waals surface area contributed by atoms with Gasteiger partial charge in [0.2, 0.25) is 0 Å². The second-order valence-electron chi connectivity index (χ2n) is 3.11. The van der Waals surface area contributed by atoms with E-state index in [2.05, 4.69) is 42.2 Å². The van der Waals surface area contributed by atoms with Crippen LogP contribution in [0.4, 0.5) is 15.9 Å². The smallest absolute Gasteiger partial charge is 0.146 e. The lowest BCUT2D eigenvalue weighted by molar-refractivity contribution is 0.631. The summed E-state index contributed by atoms with van der Waals surface area (Å²) in [4.78, 5) is 4.10. The van der Waals surface area contributed by atoms with Gasteiger partial charge in [-0.2, -0.15) is 0 Å². The highest BCUT2D eigenvalue weighted by molar-refractivity contribution is 9.10. The van der Waals surface area contributed by atoms with Crippen molar-refractivity contribution in [2.75, 3.05) is 5.32 Å². The molecule has 1 N–H and O–H groups in total. The molecule has 16 heavy (non-hydrogen) atoms. The van der Waals surface area contributed by atoms with Gasteiger partial charge < -0.3 is 5.32 Å². The predicted octanol–water partition coefficient (Wildman–Crippen LogP) is 4.49. The second-order valence-corrected chi connectivity index (χ2v) is 4.94. The third-order valence-electron chi connectivity index (χ3n) is 1.92. The average Bonchev–Trinajstić information content (AvgIpc) is 2.27. The summed E-state index contributed by atoms with van der Waals surface area (Å²) in [5, 5.41) is 2.90. The molecule has 0 unspecified atom stereocenters. The lowest BCUT2D eigenvalue weighted by atomic mass is 10.3. The van der Waals surface area contributed by atoms with E-state index in [9.17, 15) is 4.39 Å². The second kappa shape index (κ2) is 4.93. The zero-order chi connectivity index (χ0) is 11.5. The molecule has 2 aromatic rings. The Morgan fingerprint density at radius 1 is 1.06 bits per heavy atom. The Labute approximate surface area is 109 Å². The van der Waals surface area contributed by atoms with Gasteiger partial charge in [0.05, 0.1) is 5.69 Å². The molecule has 0 saturated heterocycles. The average molecular weight is 346 g/mol. The first-order valence-electron chi connectivity index (χ1n) is 4.49. The van der Waals surface area contributed by atoms with Crippen LogP contribution in [0, 0.1) is 5.82 Å². The van der Waals surface area contributed by atoms with Gasteiger partial charge >= 0.3 is 0 Å². The number of hydrogen-bond donors (Lipinski definition) is 1. The maximum atomic E-state index is 13.4. The molecule has 0 amide bonds. The number of aromatic nitrogens is 1. The zero-order valence-corrected chi connectivity index (χ0v) is 11.2. The molecule has 0 saturated carbocycles. The summed E-state index contributed by atoms with van der Waals surface area (Å²) in [6, 6.07) is 8.31. The van der Waals surface area contributed by atoms with E-state index < -0.39 is 0 Å². The summed E-state index contributed by atoms with van der Waals surface area (Å²) >= 11 is 6.57. The fourth-order valence-electron chi connectivity index (χ4n) is 1.18. The van der Waals surface area contributed by atoms with Gasteiger partial charge in [0.15, 0.2) is 0 Å². The van der Waals surface area contributed by atoms with Crippen LogP contribution in [-0.2, 0) is 0 Å². The monoisotopic (exact) mass is 344 g/mol. The molecule has 0 bridgehead atoms. The number of benzene rings is 1. The molecular weight excluding hydrogens is 339 g/mol. The van der Waals surface area contributed by atoms with Gasteiger partial charge in [-0.15, -0.1) is 0 Å². The zero-order valence-electron chi connectivity index (χ0n) is 8.05. The molecule has 82 valence electrons. The van der Waals surface area contributed by atoms with Gasteiger partial charge in [0.1, 0.15) is 11.6 Å². The molecule has 1 heterocycles. The molecule has 0 radical (unpaired) electrons. The van der Waals surface area contributed by atoms with E-state index in [1.54, 1.807) is 24.4 Å². The maximum absolute atomic E-state index is 13.4. The lowest BCUT2D eigenvalue weighted by Gasteiger charge is -2.06. The van der Waals surface area contributed by atoms with E-state index in [1.165, 1.54) is 6.07 Å². The number of rotatable bonds is 2. The highest BCUT2D eigenvalue weighted by Crippen LogP contribution is 2.23. The summed E-state index contributed by atoms with van der Waals surface area (Å²) in [6.07, 6.45) is 1.65. The van der Waals surface area contributed by atoms with Crippen LogP contribution in [0.1, 0.15) is 0 Å². The number of anilines is 2. The van der Waals surface area contributed by atoms with Crippen molar-refractivity contribution in [2.45, 2.75) is 0 Å². The number of halogens is 3. The van der Waals surface area contributed by atoms with Gasteiger partial charge in [-0.3, -0.25) is 0 Å². The Morgan fingerprint density at radius 3 is 2.50 bits per heavy atom. The molecule has 0 aliphatic heterocycles. The molecule has 1 aromatic heterocycles. The van der Waals surface area contributed by atoms with Crippen LogP contribution in [0.5, 0.6) is 0 Å². The SMILES string of the molecule is Fc1ccc(Br)cc1Nc1ccc(Br)cn1. The minimum absolute atomic E-state index is 0.312. The van der Waals surface area contributed by atoms with E-state index in [1.807, 2.05) is 6.07 Å². The first-order valence-corrected chi connectivity index (χ1v) is 6.07. The van der Waals surface area contributed by atoms with E-state index in [0.29, 0.717) is 11.5 Å². The summed E-state index contributed by atoms with van der Waals surface area (Å²) in [5.74, 6) is 0.285. The molecule has 5 heteroatoms. The topological polar surface area (TPSA) is 24.9 Å². The fourth-order valence-corrected chi connectivity index (χ4v) is 1.78. The summed E-state index contributed by atoms with van der Waals surface area (Å²) in [5.41, 5.74) is 0.393. The normalized spacial score (nSPS) is 10.2. The fraction of sp³-hybridized carbons (Fsp3) is 0. The highest BCUT2D eigenvalue weighted by atomic mass is 79.9. The first kappa shape index (κ1) is 11.5. The molecule has 0 aliphatic rings. The van der Waals surface area contributed by atoms with Crippen LogP contribution in [-0.4, -0.2) is 4.98 Å². The molecule has 2 rings (SSSR count). The molecule has 0 aliphatic carbocycles. The first-order chi connectivity index (χ1) is 7.65. The van der Waals surface area contributed by atoms with Crippen molar-refractivity contribution in [3.8, 4) is 0 Å². The van der Waals surface area contributed by atoms with Gasteiger partial charge in [-0.25, -0.2) is 9.37 Å². The third-order valence-corrected chi connectivity index (χ3v) is 2.88. The van der Waals surface area contributed by atoms with Crippen LogP contribution < -0.4 is 5.32 Å². The van der Waals surface area contributed by atoms with E-state index in [4.69, 9.17) is 0 Å². The van der Waals surface area contributed by atoms with E-state index >= 15 is 0 Å². The van der Waals surface area contributed by atoms with Crippen LogP contribution in [0.3, 0.4) is 0 Å². The van der Waals surface area contributed by atoms with Crippen molar-refractivity contribution >= 4 is 43.4 Å². The van der Waals surface area contributed by atoms with Crippen LogP contribution in [0.2, 0.25) is 0 Å². The number of hydrogen-bond acceptors (Lipinski definition) is 2. The maximum Gasteiger partial charge on any atom is 0.146 e. The van der Waals surface area contributed by atoms with Crippen molar-refractivity contribution in [1.29, 1.82) is 0 Å². The van der Waals surface area contributed by atoms with Crippen molar-refractivity contribution in [3.63, 3.8) is 0 Å². The van der Waals surface area contributed by atoms with Crippen LogP contribution >= 0.6 is 31.9 Å². The Balaban J connectivity index is 2.26. The molecule has 0 spiro atoms. The Hall–Kier alpha value is -0.940. The molecule has 0 fully saturated rings. The quantitative estimate of drug-likeness (QED) is 0.867. The van der Waals surface area contributed by atoms with E-state index in [-0.39, 0.29) is 5.82 Å². The van der Waals surface area contributed by atoms with Crippen molar-refractivity contribution in [2.24, 2.45) is 0 Å². The van der Waals surface area contributed by atoms with Crippen molar-refractivity contribution < 1.29 is 4.39 Å². The predicted molar refractivity (Wildman–Crippen MR) is 69.3 cm³/mol. The largest absolute Gasteiger partial charge is 0.338 e. The lowest BCUT2D eigenvalue weighted by Crippen LogP contribution is -1.95. The Bertz CT molecular complexity index is 500. The minimum Gasteiger partial charge on any atom is -0.338 e. The number of pyridine rings is 1. The van der Waals surface area contributed by atoms with Gasteiger partial charge in [0.25, 0.3) is 0 Å². The summed E-state index contributed by atoms with van der Waals surface area (Å²) in [6.45, 7) is 0. The van der Waals surface area contributed by atoms with Crippen molar-refractivity contribution in [1.82, 2.24) is 4.98 Å². The Morgan fingerprint density at radius 2 is 1.81 bits per heavy atom. The molecule has 1 aromatic carbocycles. The minimum atomic E-state index is -0.312. The van der Waals surface area contributed by atoms with Crippen LogP contribution in [0.25, 0.3) is 0 Å². The highest BCUT2D eigenvalue weighted by Gasteiger charge is 2.03.